The largest absolute Gasteiger partial charge is 0.512 e. The maximum absolute atomic E-state index is 11.9. The number of hydrogen-bond donors (Lipinski definition) is 9. The van der Waals surface area contributed by atoms with E-state index in [-0.39, 0.29) is 66.0 Å². The standard InChI is InChI=1S/C45H39B2NO8/c1-16-12-24-25(29(17(16)2)23-11-10-21-8-6-7-9-22(21)13-23)14-28(50)42(53)31(24)39(48)34-32-30-26-15-27(49)18(3)19(4)35(26)46-37-33(30)38(41(52)20(5)40(37)51)47-36(32)44(55)45(56)43(34)54/h6,8,10-14,46-56H,7,9,15H2,1-5H3. The molecule has 5 aromatic carbocycles. The molecule has 0 atom stereocenters. The first kappa shape index (κ1) is 35.2. The van der Waals surface area contributed by atoms with Gasteiger partial charge in [0.15, 0.2) is 36.0 Å². The summed E-state index contributed by atoms with van der Waals surface area (Å²) >= 11 is 0. The van der Waals surface area contributed by atoms with E-state index in [1.165, 1.54) is 11.6 Å². The van der Waals surface area contributed by atoms with Gasteiger partial charge in [-0.05, 0) is 142 Å². The minimum Gasteiger partial charge on any atom is -0.512 e. The number of benzene rings is 5. The van der Waals surface area contributed by atoms with E-state index < -0.39 is 34.5 Å². The van der Waals surface area contributed by atoms with Gasteiger partial charge >= 0.3 is 0 Å². The van der Waals surface area contributed by atoms with Gasteiger partial charge in [-0.25, -0.2) is 0 Å². The summed E-state index contributed by atoms with van der Waals surface area (Å²) in [5, 5.41) is 103. The van der Waals surface area contributed by atoms with Crippen LogP contribution in [-0.4, -0.2) is 61.1 Å². The molecule has 4 aliphatic rings. The molecule has 0 saturated carbocycles. The van der Waals surface area contributed by atoms with Crippen LogP contribution in [0.2, 0.25) is 0 Å². The molecule has 2 heterocycles. The van der Waals surface area contributed by atoms with Crippen molar-refractivity contribution >= 4 is 59.1 Å². The summed E-state index contributed by atoms with van der Waals surface area (Å²) in [6, 6.07) is 9.53. The summed E-state index contributed by atoms with van der Waals surface area (Å²) < 4.78 is 0. The van der Waals surface area contributed by atoms with Crippen LogP contribution in [0.5, 0.6) is 40.2 Å². The number of phenols is 7. The van der Waals surface area contributed by atoms with E-state index in [2.05, 4.69) is 24.3 Å². The number of aromatic hydroxyl groups is 7. The van der Waals surface area contributed by atoms with Crippen molar-refractivity contribution in [3.05, 3.63) is 114 Å². The fourth-order valence-corrected chi connectivity index (χ4v) is 9.51. The first-order valence-corrected chi connectivity index (χ1v) is 18.7. The number of nitrogens with one attached hydrogen (secondary N) is 1. The Bertz CT molecular complexity index is 2880. The van der Waals surface area contributed by atoms with E-state index in [1.807, 2.05) is 39.8 Å². The molecule has 0 amide bonds. The fraction of sp³-hybridized carbons (Fsp3) is 0.178. The van der Waals surface area contributed by atoms with Crippen LogP contribution >= 0.6 is 0 Å². The number of rotatable bonds is 3. The second kappa shape index (κ2) is 12.0. The lowest BCUT2D eigenvalue weighted by atomic mass is 9.44. The van der Waals surface area contributed by atoms with Crippen molar-refractivity contribution in [2.45, 2.75) is 53.9 Å². The van der Waals surface area contributed by atoms with E-state index in [9.17, 15) is 46.3 Å². The fourth-order valence-electron chi connectivity index (χ4n) is 9.51. The number of aliphatic hydroxyl groups excluding tert-OH is 1. The number of hydrogen-bond acceptors (Lipinski definition) is 9. The summed E-state index contributed by atoms with van der Waals surface area (Å²) in [4.78, 5) is 0. The molecule has 278 valence electrons. The van der Waals surface area contributed by atoms with Crippen molar-refractivity contribution in [3.63, 3.8) is 0 Å². The maximum atomic E-state index is 11.9. The third kappa shape index (κ3) is 4.60. The lowest BCUT2D eigenvalue weighted by Gasteiger charge is -2.37. The number of aryl methyl sites for hydroxylation is 2. The zero-order valence-corrected chi connectivity index (χ0v) is 31.7. The van der Waals surface area contributed by atoms with Crippen LogP contribution in [0.3, 0.4) is 0 Å². The lowest BCUT2D eigenvalue weighted by molar-refractivity contribution is 0.369. The SMILES string of the molecule is CC1=C(O)CC2=C3c4c(c(O)c(C)c(O)c4Bc4c(O)c(O)c(O)c(C(=N)c5c(O)c(O)cc6c(-c7ccc8c(c7)CCC=C8)c(C)c(C)cc56)c43)BC2=C1C. The molecule has 0 spiro atoms. The van der Waals surface area contributed by atoms with Gasteiger partial charge in [0.1, 0.15) is 11.5 Å². The molecular formula is C45H39B2NO8. The molecule has 9 rings (SSSR count). The molecule has 56 heavy (non-hydrogen) atoms. The lowest BCUT2D eigenvalue weighted by Crippen LogP contribution is -2.46. The summed E-state index contributed by atoms with van der Waals surface area (Å²) in [5.74, 6) is -3.68. The van der Waals surface area contributed by atoms with Crippen LogP contribution in [0.25, 0.3) is 33.5 Å². The highest BCUT2D eigenvalue weighted by atomic mass is 16.3. The molecule has 2 aliphatic carbocycles. The van der Waals surface area contributed by atoms with Crippen LogP contribution in [0, 0.1) is 26.2 Å². The number of allylic oxidation sites excluding steroid dienone is 5. The minimum atomic E-state index is -0.891. The molecule has 0 bridgehead atoms. The Kier molecular flexibility index (Phi) is 7.56. The highest BCUT2D eigenvalue weighted by Gasteiger charge is 2.42. The average molecular weight is 743 g/mol. The monoisotopic (exact) mass is 743 g/mol. The van der Waals surface area contributed by atoms with Gasteiger partial charge in [-0.2, -0.15) is 0 Å². The van der Waals surface area contributed by atoms with Crippen molar-refractivity contribution in [1.82, 2.24) is 0 Å². The number of phenolic OH excluding ortho intramolecular Hbond substituents is 7. The number of aliphatic hydroxyl groups is 1. The van der Waals surface area contributed by atoms with E-state index in [4.69, 9.17) is 0 Å². The zero-order valence-electron chi connectivity index (χ0n) is 31.7. The molecule has 5 aromatic rings. The Labute approximate surface area is 324 Å². The maximum Gasteiger partial charge on any atom is 0.203 e. The Morgan fingerprint density at radius 3 is 2.07 bits per heavy atom. The third-order valence-corrected chi connectivity index (χ3v) is 12.8. The minimum absolute atomic E-state index is 0.0510. The van der Waals surface area contributed by atoms with Gasteiger partial charge in [-0.1, -0.05) is 47.5 Å². The Hall–Kier alpha value is -6.48. The van der Waals surface area contributed by atoms with Crippen LogP contribution in [0.4, 0.5) is 0 Å². The molecule has 0 radical (unpaired) electrons. The smallest absolute Gasteiger partial charge is 0.203 e. The van der Waals surface area contributed by atoms with Gasteiger partial charge in [0.05, 0.1) is 22.6 Å². The molecular weight excluding hydrogens is 704 g/mol. The van der Waals surface area contributed by atoms with E-state index in [0.717, 1.165) is 51.7 Å². The van der Waals surface area contributed by atoms with Crippen molar-refractivity contribution in [2.75, 3.05) is 0 Å². The van der Waals surface area contributed by atoms with Crippen molar-refractivity contribution in [3.8, 4) is 51.4 Å². The predicted octanol–water partition coefficient (Wildman–Crippen LogP) is 5.83. The van der Waals surface area contributed by atoms with E-state index in [0.29, 0.717) is 44.0 Å². The highest BCUT2D eigenvalue weighted by Crippen LogP contribution is 2.51. The summed E-state index contributed by atoms with van der Waals surface area (Å²) in [7, 11) is 0.143. The molecule has 0 aromatic heterocycles. The van der Waals surface area contributed by atoms with Crippen LogP contribution < -0.4 is 16.4 Å². The molecule has 0 unspecified atom stereocenters. The summed E-state index contributed by atoms with van der Waals surface area (Å²) in [6.45, 7) is 9.19. The zero-order chi connectivity index (χ0) is 39.8. The second-order valence-electron chi connectivity index (χ2n) is 15.6. The Morgan fingerprint density at radius 2 is 1.34 bits per heavy atom. The highest BCUT2D eigenvalue weighted by molar-refractivity contribution is 6.76. The molecule has 2 aliphatic heterocycles. The predicted molar refractivity (Wildman–Crippen MR) is 223 cm³/mol. The van der Waals surface area contributed by atoms with Crippen molar-refractivity contribution in [2.24, 2.45) is 0 Å². The van der Waals surface area contributed by atoms with Crippen molar-refractivity contribution in [1.29, 1.82) is 5.41 Å². The van der Waals surface area contributed by atoms with Gasteiger partial charge in [-0.15, -0.1) is 0 Å². The van der Waals surface area contributed by atoms with Crippen LogP contribution in [0.15, 0.2) is 64.4 Å². The van der Waals surface area contributed by atoms with Gasteiger partial charge in [-0.3, -0.25) is 5.41 Å². The quantitative estimate of drug-likeness (QED) is 0.0616. The Balaban J connectivity index is 1.38. The molecule has 9 nitrogen and oxygen atoms in total. The van der Waals surface area contributed by atoms with Gasteiger partial charge in [0.25, 0.3) is 0 Å². The summed E-state index contributed by atoms with van der Waals surface area (Å²) in [5.41, 5.74) is 10.1. The van der Waals surface area contributed by atoms with Gasteiger partial charge < -0.3 is 40.9 Å². The third-order valence-electron chi connectivity index (χ3n) is 12.8. The molecule has 0 saturated heterocycles. The first-order chi connectivity index (χ1) is 26.6. The van der Waals surface area contributed by atoms with Gasteiger partial charge in [0, 0.05) is 12.0 Å². The van der Waals surface area contributed by atoms with Crippen LogP contribution in [-0.2, 0) is 6.42 Å². The van der Waals surface area contributed by atoms with Crippen molar-refractivity contribution < 1.29 is 40.9 Å². The first-order valence-electron chi connectivity index (χ1n) is 18.7. The Morgan fingerprint density at radius 1 is 0.643 bits per heavy atom. The normalized spacial score (nSPS) is 15.3. The molecule has 9 N–H and O–H groups in total. The van der Waals surface area contributed by atoms with Crippen LogP contribution in [0.1, 0.15) is 76.8 Å². The van der Waals surface area contributed by atoms with E-state index in [1.54, 1.807) is 6.92 Å². The average Bonchev–Trinajstić information content (AvgIpc) is 3.18. The van der Waals surface area contributed by atoms with E-state index >= 15 is 0 Å². The molecule has 0 fully saturated rings. The van der Waals surface area contributed by atoms with Gasteiger partial charge in [0.2, 0.25) is 7.28 Å². The number of fused-ring (bicyclic) bond motifs is 5. The molecule has 11 heteroatoms. The summed E-state index contributed by atoms with van der Waals surface area (Å²) in [6.07, 6.45) is 6.10. The second-order valence-corrected chi connectivity index (χ2v) is 15.6. The topological polar surface area (TPSA) is 186 Å².